The fraction of sp³-hybridized carbons (Fsp3) is 0.143. The van der Waals surface area contributed by atoms with Crippen molar-refractivity contribution >= 4 is 17.5 Å². The first-order valence-corrected chi connectivity index (χ1v) is 6.17. The molecular weight excluding hydrogens is 282 g/mol. The number of hydrogen-bond acceptors (Lipinski definition) is 4. The Balaban J connectivity index is 2.03. The van der Waals surface area contributed by atoms with E-state index in [1.165, 1.54) is 7.11 Å². The van der Waals surface area contributed by atoms with Crippen molar-refractivity contribution in [3.8, 4) is 5.75 Å². The minimum absolute atomic E-state index is 0.0549. The van der Waals surface area contributed by atoms with Gasteiger partial charge in [0.2, 0.25) is 11.2 Å². The van der Waals surface area contributed by atoms with Gasteiger partial charge in [0.25, 0.3) is 5.91 Å². The Morgan fingerprint density at radius 2 is 2.05 bits per heavy atom. The molecule has 2 rings (SSSR count). The summed E-state index contributed by atoms with van der Waals surface area (Å²) in [6, 6.07) is 8.16. The van der Waals surface area contributed by atoms with Crippen molar-refractivity contribution in [1.82, 2.24) is 5.32 Å². The largest absolute Gasteiger partial charge is 0.490 e. The van der Waals surface area contributed by atoms with Crippen LogP contribution < -0.4 is 15.5 Å². The van der Waals surface area contributed by atoms with Gasteiger partial charge in [0.05, 0.1) is 7.11 Å². The summed E-state index contributed by atoms with van der Waals surface area (Å²) in [5.41, 5.74) is 0.481. The van der Waals surface area contributed by atoms with Crippen LogP contribution in [-0.4, -0.2) is 13.0 Å². The van der Waals surface area contributed by atoms with Crippen LogP contribution in [-0.2, 0) is 6.54 Å². The number of methoxy groups -OCH3 is 1. The van der Waals surface area contributed by atoms with Gasteiger partial charge in [-0.25, -0.2) is 0 Å². The first kappa shape index (κ1) is 14.1. The van der Waals surface area contributed by atoms with Gasteiger partial charge >= 0.3 is 0 Å². The van der Waals surface area contributed by atoms with Crippen molar-refractivity contribution < 1.29 is 13.9 Å². The van der Waals surface area contributed by atoms with Gasteiger partial charge in [-0.15, -0.1) is 0 Å². The van der Waals surface area contributed by atoms with E-state index in [1.54, 1.807) is 24.3 Å². The second-order valence-electron chi connectivity index (χ2n) is 3.99. The van der Waals surface area contributed by atoms with E-state index in [0.717, 1.165) is 17.9 Å². The fourth-order valence-corrected chi connectivity index (χ4v) is 1.66. The lowest BCUT2D eigenvalue weighted by Crippen LogP contribution is -2.24. The zero-order chi connectivity index (χ0) is 14.5. The number of amides is 1. The van der Waals surface area contributed by atoms with Crippen LogP contribution in [0.15, 0.2) is 45.8 Å². The topological polar surface area (TPSA) is 68.5 Å². The van der Waals surface area contributed by atoms with Crippen LogP contribution in [0.4, 0.5) is 0 Å². The first-order chi connectivity index (χ1) is 9.60. The summed E-state index contributed by atoms with van der Waals surface area (Å²) >= 11 is 5.77. The van der Waals surface area contributed by atoms with Gasteiger partial charge < -0.3 is 14.5 Å². The van der Waals surface area contributed by atoms with E-state index >= 15 is 0 Å². The maximum atomic E-state index is 11.8. The van der Waals surface area contributed by atoms with Gasteiger partial charge in [-0.3, -0.25) is 9.59 Å². The van der Waals surface area contributed by atoms with Gasteiger partial charge in [0.1, 0.15) is 6.26 Å². The average Bonchev–Trinajstić information content (AvgIpc) is 2.46. The number of benzene rings is 1. The summed E-state index contributed by atoms with van der Waals surface area (Å²) in [6.45, 7) is 0.311. The monoisotopic (exact) mass is 293 g/mol. The fourth-order valence-electron chi connectivity index (χ4n) is 1.54. The summed E-state index contributed by atoms with van der Waals surface area (Å²) in [5.74, 6) is -0.483. The highest BCUT2D eigenvalue weighted by atomic mass is 35.5. The molecule has 1 N–H and O–H groups in total. The molecule has 0 aliphatic heterocycles. The molecule has 0 spiro atoms. The highest BCUT2D eigenvalue weighted by Gasteiger charge is 2.11. The molecule has 1 amide bonds. The zero-order valence-electron chi connectivity index (χ0n) is 10.7. The van der Waals surface area contributed by atoms with Crippen LogP contribution in [0.5, 0.6) is 5.75 Å². The lowest BCUT2D eigenvalue weighted by molar-refractivity contribution is 0.0920. The molecule has 0 aliphatic carbocycles. The number of halogens is 1. The highest BCUT2D eigenvalue weighted by molar-refractivity contribution is 6.30. The summed E-state index contributed by atoms with van der Waals surface area (Å²) in [6.07, 6.45) is 1.11. The molecule has 0 bridgehead atoms. The molecule has 0 aliphatic rings. The van der Waals surface area contributed by atoms with Crippen molar-refractivity contribution in [1.29, 1.82) is 0 Å². The third kappa shape index (κ3) is 3.39. The Morgan fingerprint density at radius 3 is 2.65 bits per heavy atom. The van der Waals surface area contributed by atoms with Crippen LogP contribution in [0.25, 0.3) is 0 Å². The number of hydrogen-bond donors (Lipinski definition) is 1. The Hall–Kier alpha value is -2.27. The highest BCUT2D eigenvalue weighted by Crippen LogP contribution is 2.10. The average molecular weight is 294 g/mol. The van der Waals surface area contributed by atoms with E-state index in [0.29, 0.717) is 11.6 Å². The standard InChI is InChI=1S/C14H12ClNO4/c1-19-13-8-20-12(6-11(13)17)14(18)16-7-9-2-4-10(15)5-3-9/h2-6,8H,7H2,1H3,(H,16,18). The van der Waals surface area contributed by atoms with Crippen LogP contribution in [0.1, 0.15) is 16.1 Å². The van der Waals surface area contributed by atoms with Gasteiger partial charge in [-0.1, -0.05) is 23.7 Å². The molecule has 1 heterocycles. The van der Waals surface area contributed by atoms with E-state index in [9.17, 15) is 9.59 Å². The molecule has 0 saturated carbocycles. The van der Waals surface area contributed by atoms with Crippen molar-refractivity contribution in [3.63, 3.8) is 0 Å². The van der Waals surface area contributed by atoms with Gasteiger partial charge in [-0.05, 0) is 17.7 Å². The number of carbonyl (C=O) groups excluding carboxylic acids is 1. The predicted molar refractivity (Wildman–Crippen MR) is 74.2 cm³/mol. The lowest BCUT2D eigenvalue weighted by atomic mass is 10.2. The Bertz CT molecular complexity index is 664. The summed E-state index contributed by atoms with van der Waals surface area (Å²) in [4.78, 5) is 23.3. The number of ether oxygens (including phenoxy) is 1. The molecular formula is C14H12ClNO4. The normalized spacial score (nSPS) is 10.1. The van der Waals surface area contributed by atoms with Crippen LogP contribution in [0.3, 0.4) is 0 Å². The summed E-state index contributed by atoms with van der Waals surface area (Å²) < 4.78 is 9.81. The smallest absolute Gasteiger partial charge is 0.287 e. The van der Waals surface area contributed by atoms with Crippen LogP contribution in [0, 0.1) is 0 Å². The molecule has 0 fully saturated rings. The Morgan fingerprint density at radius 1 is 1.35 bits per heavy atom. The van der Waals surface area contributed by atoms with E-state index in [1.807, 2.05) is 0 Å². The maximum Gasteiger partial charge on any atom is 0.287 e. The SMILES string of the molecule is COc1coc(C(=O)NCc2ccc(Cl)cc2)cc1=O. The molecule has 1 aromatic heterocycles. The number of nitrogens with one attached hydrogen (secondary N) is 1. The molecule has 2 aromatic rings. The quantitative estimate of drug-likeness (QED) is 0.938. The number of rotatable bonds is 4. The molecule has 0 atom stereocenters. The molecule has 0 unspecified atom stereocenters. The van der Waals surface area contributed by atoms with E-state index < -0.39 is 11.3 Å². The molecule has 104 valence electrons. The second-order valence-corrected chi connectivity index (χ2v) is 4.42. The molecule has 1 aromatic carbocycles. The zero-order valence-corrected chi connectivity index (χ0v) is 11.4. The second kappa shape index (κ2) is 6.25. The van der Waals surface area contributed by atoms with Gasteiger partial charge in [-0.2, -0.15) is 0 Å². The lowest BCUT2D eigenvalue weighted by Gasteiger charge is -2.05. The number of carbonyl (C=O) groups is 1. The van der Waals surface area contributed by atoms with Crippen LogP contribution in [0.2, 0.25) is 5.02 Å². The predicted octanol–water partition coefficient (Wildman–Crippen LogP) is 2.23. The van der Waals surface area contributed by atoms with Gasteiger partial charge in [0, 0.05) is 17.6 Å². The molecule has 5 nitrogen and oxygen atoms in total. The molecule has 6 heteroatoms. The van der Waals surface area contributed by atoms with Gasteiger partial charge in [0.15, 0.2) is 5.76 Å². The van der Waals surface area contributed by atoms with E-state index in [4.69, 9.17) is 20.8 Å². The Labute approximate surface area is 120 Å². The first-order valence-electron chi connectivity index (χ1n) is 5.79. The van der Waals surface area contributed by atoms with E-state index in [2.05, 4.69) is 5.32 Å². The third-order valence-electron chi connectivity index (χ3n) is 2.61. The molecule has 0 radical (unpaired) electrons. The summed E-state index contributed by atoms with van der Waals surface area (Å²) in [5, 5.41) is 3.27. The minimum atomic E-state index is -0.472. The molecule has 20 heavy (non-hydrogen) atoms. The maximum absolute atomic E-state index is 11.8. The third-order valence-corrected chi connectivity index (χ3v) is 2.86. The minimum Gasteiger partial charge on any atom is -0.490 e. The van der Waals surface area contributed by atoms with Crippen LogP contribution >= 0.6 is 11.6 Å². The molecule has 0 saturated heterocycles. The van der Waals surface area contributed by atoms with Crippen molar-refractivity contribution in [2.24, 2.45) is 0 Å². The Kier molecular flexibility index (Phi) is 4.42. The summed E-state index contributed by atoms with van der Waals surface area (Å²) in [7, 11) is 1.35. The van der Waals surface area contributed by atoms with Crippen molar-refractivity contribution in [2.45, 2.75) is 6.54 Å². The van der Waals surface area contributed by atoms with Crippen molar-refractivity contribution in [2.75, 3.05) is 7.11 Å². The van der Waals surface area contributed by atoms with Crippen molar-refractivity contribution in [3.05, 3.63) is 63.2 Å². The van der Waals surface area contributed by atoms with E-state index in [-0.39, 0.29) is 11.5 Å².